The zero-order valence-corrected chi connectivity index (χ0v) is 39.6. The third-order valence-electron chi connectivity index (χ3n) is 13.9. The Labute approximate surface area is 407 Å². The molecule has 14 nitrogen and oxygen atoms in total. The van der Waals surface area contributed by atoms with E-state index in [0.717, 1.165) is 61.0 Å². The predicted molar refractivity (Wildman–Crippen MR) is 261 cm³/mol. The molecule has 3 aliphatic carbocycles. The fraction of sp³-hybridized carbons (Fsp3) is 0.444. The molecule has 69 heavy (non-hydrogen) atoms. The van der Waals surface area contributed by atoms with Crippen molar-refractivity contribution in [2.45, 2.75) is 93.6 Å². The molecule has 4 aromatic rings. The lowest BCUT2D eigenvalue weighted by molar-refractivity contribution is -0.384. The minimum Gasteiger partial charge on any atom is -0.493 e. The van der Waals surface area contributed by atoms with Gasteiger partial charge in [0.2, 0.25) is 18.5 Å². The Hall–Kier alpha value is -5.87. The van der Waals surface area contributed by atoms with E-state index >= 15 is 4.79 Å². The van der Waals surface area contributed by atoms with E-state index in [1.54, 1.807) is 30.0 Å². The average molecular weight is 960 g/mol. The Morgan fingerprint density at radius 2 is 1.68 bits per heavy atom. The first-order valence-electron chi connectivity index (χ1n) is 24.2. The van der Waals surface area contributed by atoms with Gasteiger partial charge in [-0.05, 0) is 122 Å². The summed E-state index contributed by atoms with van der Waals surface area (Å²) in [5, 5.41) is 36.5. The molecule has 6 atom stereocenters. The number of ether oxygens (including phenoxy) is 5. The number of nitrogens with zero attached hydrogens (tertiary/aromatic N) is 3. The molecule has 0 bridgehead atoms. The van der Waals surface area contributed by atoms with Crippen LogP contribution in [-0.4, -0.2) is 82.5 Å². The lowest BCUT2D eigenvalue weighted by atomic mass is 9.55. The van der Waals surface area contributed by atoms with Gasteiger partial charge in [0.05, 0.1) is 29.8 Å². The molecule has 2 fully saturated rings. The van der Waals surface area contributed by atoms with Crippen LogP contribution in [0.25, 0.3) is 0 Å². The van der Waals surface area contributed by atoms with E-state index in [0.29, 0.717) is 53.7 Å². The topological polar surface area (TPSA) is 172 Å². The molecule has 0 radical (unpaired) electrons. The van der Waals surface area contributed by atoms with E-state index in [-0.39, 0.29) is 81.5 Å². The Bertz CT molecular complexity index is 2500. The van der Waals surface area contributed by atoms with Gasteiger partial charge in [0.15, 0.2) is 11.5 Å². The van der Waals surface area contributed by atoms with Crippen molar-refractivity contribution in [3.05, 3.63) is 142 Å². The number of rotatable bonds is 24. The van der Waals surface area contributed by atoms with Gasteiger partial charge in [0.1, 0.15) is 24.1 Å². The maximum atomic E-state index is 15.0. The summed E-state index contributed by atoms with van der Waals surface area (Å²) < 4.78 is 32.7. The number of unbranched alkanes of at least 4 members (excludes halogenated alkanes) is 2. The molecule has 364 valence electrons. The van der Waals surface area contributed by atoms with Gasteiger partial charge in [-0.1, -0.05) is 54.4 Å². The summed E-state index contributed by atoms with van der Waals surface area (Å²) in [5.74, 6) is 1.11. The smallest absolute Gasteiger partial charge is 0.269 e. The van der Waals surface area contributed by atoms with Crippen LogP contribution in [0.15, 0.2) is 125 Å². The largest absolute Gasteiger partial charge is 0.493 e. The van der Waals surface area contributed by atoms with Crippen LogP contribution in [-0.2, 0) is 27.5 Å². The van der Waals surface area contributed by atoms with E-state index in [1.807, 2.05) is 53.4 Å². The van der Waals surface area contributed by atoms with Crippen molar-refractivity contribution >= 4 is 29.1 Å². The predicted octanol–water partition coefficient (Wildman–Crippen LogP) is 9.77. The number of hydrogen-bond donors (Lipinski definition) is 2. The van der Waals surface area contributed by atoms with Crippen molar-refractivity contribution in [2.24, 2.45) is 28.8 Å². The summed E-state index contributed by atoms with van der Waals surface area (Å²) >= 11 is 1.73. The summed E-state index contributed by atoms with van der Waals surface area (Å²) in [7, 11) is 0. The molecule has 0 spiro atoms. The van der Waals surface area contributed by atoms with Crippen LogP contribution in [0.2, 0.25) is 0 Å². The normalized spacial score (nSPS) is 23.5. The number of aliphatic hydroxyl groups excluding tert-OH is 2. The summed E-state index contributed by atoms with van der Waals surface area (Å²) in [4.78, 5) is 35.4. The van der Waals surface area contributed by atoms with Gasteiger partial charge in [-0.3, -0.25) is 14.9 Å². The van der Waals surface area contributed by atoms with Crippen molar-refractivity contribution < 1.29 is 48.5 Å². The van der Waals surface area contributed by atoms with Gasteiger partial charge in [-0.2, -0.15) is 0 Å². The number of nitro groups is 1. The maximum absolute atomic E-state index is 15.0. The van der Waals surface area contributed by atoms with Crippen LogP contribution in [0.3, 0.4) is 0 Å². The Kier molecular flexibility index (Phi) is 15.5. The molecule has 9 rings (SSSR count). The zero-order chi connectivity index (χ0) is 47.7. The van der Waals surface area contributed by atoms with Crippen LogP contribution >= 0.6 is 11.8 Å². The van der Waals surface area contributed by atoms with E-state index in [9.17, 15) is 20.3 Å². The molecule has 0 aromatic heterocycles. The highest BCUT2D eigenvalue weighted by Crippen LogP contribution is 2.62. The Balaban J connectivity index is 1.18. The van der Waals surface area contributed by atoms with Crippen molar-refractivity contribution in [1.82, 2.24) is 4.90 Å². The first-order chi connectivity index (χ1) is 33.8. The number of amides is 1. The number of aliphatic hydroxyl groups is 2. The maximum Gasteiger partial charge on any atom is 0.269 e. The second-order valence-corrected chi connectivity index (χ2v) is 19.6. The van der Waals surface area contributed by atoms with Gasteiger partial charge >= 0.3 is 0 Å². The summed E-state index contributed by atoms with van der Waals surface area (Å²) in [5.41, 5.74) is 4.09. The fourth-order valence-electron chi connectivity index (χ4n) is 10.6. The molecular weight excluding hydrogens is 899 g/mol. The first-order valence-corrected chi connectivity index (χ1v) is 25.2. The Morgan fingerprint density at radius 3 is 2.43 bits per heavy atom. The van der Waals surface area contributed by atoms with Gasteiger partial charge in [-0.25, -0.2) is 0 Å². The highest BCUT2D eigenvalue weighted by molar-refractivity contribution is 7.99. The number of allylic oxidation sites excluding steroid dienone is 1. The minimum atomic E-state index is -1.43. The van der Waals surface area contributed by atoms with Crippen LogP contribution < -0.4 is 18.9 Å². The third kappa shape index (κ3) is 10.8. The quantitative estimate of drug-likeness (QED) is 0.0224. The van der Waals surface area contributed by atoms with Crippen LogP contribution in [0.5, 0.6) is 23.0 Å². The standard InChI is InChI=1S/C54H61N3O11S/c1-2-26-66-54-50(56(53(60)38-17-18-38)33-37-16-22-48-49(29-37)65-35-64-48)32-46(55-67-34-36-14-19-40(20-15-36)57(61)62)44-30-39(10-6-8-24-58)43(13-7-9-25-59)51(52(44)54)45-31-41(21-23-47(45)68-54)63-27-28-69-42-11-4-3-5-12-42/h2-5,11-12,14-16,19-23,29-31,38-39,43,50-52,58-59H,1,6-10,13,17-18,24-28,32-35H2/t39-,43+,50-,51+,52+,54+/m0/s1. The zero-order valence-electron chi connectivity index (χ0n) is 38.8. The molecule has 5 aliphatic rings. The number of carbonyl (C=O) groups excluding carboxylic acids is 1. The monoisotopic (exact) mass is 959 g/mol. The number of fused-ring (bicyclic) bond motifs is 3. The molecule has 15 heteroatoms. The summed E-state index contributed by atoms with van der Waals surface area (Å²) in [6.45, 7) is 5.27. The molecule has 2 saturated carbocycles. The van der Waals surface area contributed by atoms with Gasteiger partial charge in [0.25, 0.3) is 5.69 Å². The number of benzene rings is 4. The lowest BCUT2D eigenvalue weighted by Crippen LogP contribution is -2.70. The van der Waals surface area contributed by atoms with Gasteiger partial charge < -0.3 is 43.6 Å². The van der Waals surface area contributed by atoms with Crippen molar-refractivity contribution in [1.29, 1.82) is 0 Å². The fourth-order valence-corrected chi connectivity index (χ4v) is 11.4. The van der Waals surface area contributed by atoms with Crippen molar-refractivity contribution in [3.63, 3.8) is 0 Å². The molecule has 0 saturated heterocycles. The summed E-state index contributed by atoms with van der Waals surface area (Å²) in [6.07, 6.45) is 10.3. The second kappa shape index (κ2) is 22.3. The lowest BCUT2D eigenvalue weighted by Gasteiger charge is -2.60. The van der Waals surface area contributed by atoms with E-state index in [4.69, 9.17) is 33.7 Å². The molecule has 1 amide bonds. The van der Waals surface area contributed by atoms with E-state index < -0.39 is 22.7 Å². The molecule has 2 aliphatic heterocycles. The Morgan fingerprint density at radius 1 is 0.928 bits per heavy atom. The van der Waals surface area contributed by atoms with Crippen LogP contribution in [0, 0.1) is 33.8 Å². The number of carbonyl (C=O) groups is 1. The molecule has 0 unspecified atom stereocenters. The third-order valence-corrected chi connectivity index (χ3v) is 14.9. The summed E-state index contributed by atoms with van der Waals surface area (Å²) in [6, 6.07) is 27.6. The number of oxime groups is 1. The molecule has 2 heterocycles. The molecular formula is C54H61N3O11S. The van der Waals surface area contributed by atoms with E-state index in [1.165, 1.54) is 17.0 Å². The SMILES string of the molecule is C=CCO[C@@]12Oc3ccc(OCCSc4ccccc4)cc3[C@H]3[C@H](CCCCO)[C@@H](CCCCO)C=C(C(=NOCc4ccc([N+](=O)[O-])cc4)C[C@@H]1N(Cc1ccc4c(c1)OCO4)C(=O)C1CC1)[C@H]32. The van der Waals surface area contributed by atoms with E-state index in [2.05, 4.69) is 30.9 Å². The van der Waals surface area contributed by atoms with Gasteiger partial charge in [0, 0.05) is 66.4 Å². The molecule has 2 N–H and O–H groups in total. The van der Waals surface area contributed by atoms with Crippen LogP contribution in [0.4, 0.5) is 5.69 Å². The highest BCUT2D eigenvalue weighted by Gasteiger charge is 2.66. The van der Waals surface area contributed by atoms with Gasteiger partial charge in [-0.15, -0.1) is 18.3 Å². The highest BCUT2D eigenvalue weighted by atomic mass is 32.2. The average Bonchev–Trinajstić information content (AvgIpc) is 4.12. The number of thioether (sulfide) groups is 1. The van der Waals surface area contributed by atoms with Crippen LogP contribution in [0.1, 0.15) is 80.4 Å². The number of nitro benzene ring substituents is 1. The second-order valence-electron chi connectivity index (χ2n) is 18.4. The number of non-ortho nitro benzene ring substituents is 1. The van der Waals surface area contributed by atoms with Crippen molar-refractivity contribution in [3.8, 4) is 23.0 Å². The molecule has 4 aromatic carbocycles. The first kappa shape index (κ1) is 48.2. The minimum absolute atomic E-state index is 0.00178. The number of hydrogen-bond acceptors (Lipinski definition) is 13. The van der Waals surface area contributed by atoms with Crippen molar-refractivity contribution in [2.75, 3.05) is 39.0 Å².